The molecule has 1 heterocycles. The molecule has 0 bridgehead atoms. The van der Waals surface area contributed by atoms with Crippen LogP contribution < -0.4 is 5.32 Å². The molecule has 0 amide bonds. The molecule has 0 fully saturated rings. The van der Waals surface area contributed by atoms with Gasteiger partial charge in [-0.2, -0.15) is 5.10 Å². The Hall–Kier alpha value is -1.26. The molecule has 4 heteroatoms. The minimum absolute atomic E-state index is 0.524. The Balaban J connectivity index is 1.83. The first-order chi connectivity index (χ1) is 9.65. The maximum Gasteiger partial charge on any atom is 0.0492 e. The lowest BCUT2D eigenvalue weighted by molar-refractivity contribution is 0.588. The monoisotopic (exact) mass is 289 g/mol. The first kappa shape index (κ1) is 15.1. The van der Waals surface area contributed by atoms with E-state index < -0.39 is 0 Å². The smallest absolute Gasteiger partial charge is 0.0492 e. The zero-order chi connectivity index (χ0) is 14.4. The van der Waals surface area contributed by atoms with Crippen molar-refractivity contribution in [3.8, 4) is 0 Å². The zero-order valence-electron chi connectivity index (χ0n) is 12.5. The van der Waals surface area contributed by atoms with Crippen LogP contribution in [0.3, 0.4) is 0 Å². The van der Waals surface area contributed by atoms with Gasteiger partial charge in [-0.1, -0.05) is 26.0 Å². The highest BCUT2D eigenvalue weighted by molar-refractivity contribution is 7.99. The maximum absolute atomic E-state index is 4.20. The van der Waals surface area contributed by atoms with Crippen LogP contribution in [0.15, 0.2) is 41.4 Å². The van der Waals surface area contributed by atoms with E-state index in [2.05, 4.69) is 54.6 Å². The minimum Gasteiger partial charge on any atom is -0.310 e. The molecule has 3 nitrogen and oxygen atoms in total. The molecule has 0 aliphatic carbocycles. The third kappa shape index (κ3) is 4.69. The number of nitrogens with zero attached hydrogens (tertiary/aromatic N) is 2. The van der Waals surface area contributed by atoms with E-state index in [1.54, 1.807) is 0 Å². The Morgan fingerprint density at radius 1 is 1.30 bits per heavy atom. The fraction of sp³-hybridized carbons (Fsp3) is 0.438. The van der Waals surface area contributed by atoms with Crippen LogP contribution in [0.5, 0.6) is 0 Å². The van der Waals surface area contributed by atoms with E-state index in [0.717, 1.165) is 18.7 Å². The van der Waals surface area contributed by atoms with E-state index in [9.17, 15) is 0 Å². The van der Waals surface area contributed by atoms with Crippen LogP contribution in [-0.2, 0) is 20.0 Å². The number of aromatic nitrogens is 2. The van der Waals surface area contributed by atoms with Gasteiger partial charge in [0.15, 0.2) is 0 Å². The Morgan fingerprint density at radius 3 is 2.85 bits per heavy atom. The van der Waals surface area contributed by atoms with Crippen molar-refractivity contribution in [3.05, 3.63) is 47.8 Å². The van der Waals surface area contributed by atoms with Crippen molar-refractivity contribution in [3.63, 3.8) is 0 Å². The van der Waals surface area contributed by atoms with Crippen molar-refractivity contribution < 1.29 is 0 Å². The van der Waals surface area contributed by atoms with E-state index in [1.807, 2.05) is 29.7 Å². The van der Waals surface area contributed by atoms with Gasteiger partial charge in [-0.3, -0.25) is 4.68 Å². The molecule has 0 atom stereocenters. The second-order valence-corrected chi connectivity index (χ2v) is 6.40. The zero-order valence-corrected chi connectivity index (χ0v) is 13.3. The Labute approximate surface area is 125 Å². The van der Waals surface area contributed by atoms with Crippen molar-refractivity contribution in [2.24, 2.45) is 7.05 Å². The molecule has 0 radical (unpaired) electrons. The summed E-state index contributed by atoms with van der Waals surface area (Å²) in [5, 5.41) is 7.65. The molecule has 0 spiro atoms. The largest absolute Gasteiger partial charge is 0.310 e. The summed E-state index contributed by atoms with van der Waals surface area (Å²) in [7, 11) is 2.00. The normalized spacial score (nSPS) is 11.2. The maximum atomic E-state index is 4.20. The van der Waals surface area contributed by atoms with Gasteiger partial charge in [0.2, 0.25) is 0 Å². The molecule has 1 aromatic heterocycles. The molecule has 0 aliphatic heterocycles. The van der Waals surface area contributed by atoms with Crippen LogP contribution in [0, 0.1) is 0 Å². The number of thioether (sulfide) groups is 1. The summed E-state index contributed by atoms with van der Waals surface area (Å²) in [4.78, 5) is 1.34. The highest BCUT2D eigenvalue weighted by atomic mass is 32.2. The molecule has 0 unspecified atom stereocenters. The fourth-order valence-electron chi connectivity index (χ4n) is 1.99. The van der Waals surface area contributed by atoms with Gasteiger partial charge in [0.25, 0.3) is 0 Å². The molecule has 20 heavy (non-hydrogen) atoms. The summed E-state index contributed by atoms with van der Waals surface area (Å²) in [6.07, 6.45) is 2.91. The number of nitrogens with one attached hydrogen (secondary N) is 1. The Morgan fingerprint density at radius 2 is 2.15 bits per heavy atom. The second kappa shape index (κ2) is 7.50. The van der Waals surface area contributed by atoms with Crippen molar-refractivity contribution in [2.75, 3.05) is 5.75 Å². The van der Waals surface area contributed by atoms with Gasteiger partial charge in [-0.05, 0) is 30.2 Å². The molecule has 0 saturated heterocycles. The molecule has 108 valence electrons. The molecular weight excluding hydrogens is 266 g/mol. The molecule has 1 N–H and O–H groups in total. The second-order valence-electron chi connectivity index (χ2n) is 5.23. The first-order valence-corrected chi connectivity index (χ1v) is 8.05. The third-order valence-corrected chi connectivity index (χ3v) is 4.16. The van der Waals surface area contributed by atoms with Crippen LogP contribution in [0.1, 0.15) is 25.1 Å². The van der Waals surface area contributed by atoms with E-state index >= 15 is 0 Å². The summed E-state index contributed by atoms with van der Waals surface area (Å²) in [6.45, 7) is 5.28. The van der Waals surface area contributed by atoms with E-state index in [1.165, 1.54) is 16.2 Å². The summed E-state index contributed by atoms with van der Waals surface area (Å²) < 4.78 is 1.95. The third-order valence-electron chi connectivity index (χ3n) is 3.16. The molecular formula is C16H23N3S. The van der Waals surface area contributed by atoms with Gasteiger partial charge >= 0.3 is 0 Å². The number of rotatable bonds is 7. The first-order valence-electron chi connectivity index (χ1n) is 7.07. The average Bonchev–Trinajstić information content (AvgIpc) is 2.83. The van der Waals surface area contributed by atoms with Crippen LogP contribution in [-0.4, -0.2) is 21.6 Å². The minimum atomic E-state index is 0.524. The van der Waals surface area contributed by atoms with E-state index in [4.69, 9.17) is 0 Å². The molecule has 2 aromatic rings. The predicted molar refractivity (Wildman–Crippen MR) is 86.1 cm³/mol. The van der Waals surface area contributed by atoms with Gasteiger partial charge in [-0.25, -0.2) is 0 Å². The van der Waals surface area contributed by atoms with Crippen LogP contribution >= 0.6 is 11.8 Å². The molecule has 0 aliphatic rings. The summed E-state index contributed by atoms with van der Waals surface area (Å²) in [6, 6.07) is 11.4. The molecule has 2 rings (SSSR count). The Kier molecular flexibility index (Phi) is 5.68. The van der Waals surface area contributed by atoms with Crippen molar-refractivity contribution in [1.29, 1.82) is 0 Å². The lowest BCUT2D eigenvalue weighted by atomic mass is 10.2. The van der Waals surface area contributed by atoms with Gasteiger partial charge in [0.05, 0.1) is 0 Å². The Bertz CT molecular complexity index is 534. The number of hydrogen-bond acceptors (Lipinski definition) is 3. The highest BCUT2D eigenvalue weighted by Gasteiger charge is 2.01. The van der Waals surface area contributed by atoms with Gasteiger partial charge in [0, 0.05) is 42.2 Å². The summed E-state index contributed by atoms with van der Waals surface area (Å²) in [5.41, 5.74) is 2.64. The van der Waals surface area contributed by atoms with Gasteiger partial charge in [0.1, 0.15) is 0 Å². The molecule has 1 aromatic carbocycles. The summed E-state index contributed by atoms with van der Waals surface area (Å²) in [5.74, 6) is 1.08. The van der Waals surface area contributed by atoms with Gasteiger partial charge < -0.3 is 5.32 Å². The number of hydrogen-bond donors (Lipinski definition) is 1. The van der Waals surface area contributed by atoms with E-state index in [-0.39, 0.29) is 0 Å². The van der Waals surface area contributed by atoms with Crippen molar-refractivity contribution >= 4 is 11.8 Å². The van der Waals surface area contributed by atoms with Crippen LogP contribution in [0.4, 0.5) is 0 Å². The van der Waals surface area contributed by atoms with Gasteiger partial charge in [-0.15, -0.1) is 11.8 Å². The number of benzene rings is 1. The topological polar surface area (TPSA) is 29.9 Å². The average molecular weight is 289 g/mol. The quantitative estimate of drug-likeness (QED) is 0.794. The predicted octanol–water partition coefficient (Wildman–Crippen LogP) is 3.25. The highest BCUT2D eigenvalue weighted by Crippen LogP contribution is 2.20. The SMILES string of the molecule is CC(C)NCc1cccc(SCCc2ccnn2C)c1. The summed E-state index contributed by atoms with van der Waals surface area (Å²) >= 11 is 1.91. The van der Waals surface area contributed by atoms with Crippen LogP contribution in [0.2, 0.25) is 0 Å². The van der Waals surface area contributed by atoms with Crippen molar-refractivity contribution in [1.82, 2.24) is 15.1 Å². The lowest BCUT2D eigenvalue weighted by Gasteiger charge is -2.09. The lowest BCUT2D eigenvalue weighted by Crippen LogP contribution is -2.21. The number of aryl methyl sites for hydroxylation is 2. The van der Waals surface area contributed by atoms with Crippen LogP contribution in [0.25, 0.3) is 0 Å². The van der Waals surface area contributed by atoms with E-state index in [0.29, 0.717) is 6.04 Å². The van der Waals surface area contributed by atoms with Crippen molar-refractivity contribution in [2.45, 2.75) is 37.8 Å². The standard InChI is InChI=1S/C16H23N3S/c1-13(2)17-12-14-5-4-6-16(11-14)20-10-8-15-7-9-18-19(15)3/h4-7,9,11,13,17H,8,10,12H2,1-3H3. The fourth-order valence-corrected chi connectivity index (χ4v) is 2.94. The molecule has 0 saturated carbocycles.